The lowest BCUT2D eigenvalue weighted by Crippen LogP contribution is -2.26. The Hall–Kier alpha value is -2.56. The Morgan fingerprint density at radius 3 is 2.76 bits per heavy atom. The van der Waals surface area contributed by atoms with E-state index in [9.17, 15) is 22.8 Å². The number of halogens is 3. The number of hydrogen-bond donors (Lipinski definition) is 2. The molecule has 1 aromatic rings. The molecule has 0 aliphatic carbocycles. The number of nitrogens with zero attached hydrogens (tertiary/aromatic N) is 2. The van der Waals surface area contributed by atoms with Gasteiger partial charge in [0.2, 0.25) is 5.91 Å². The van der Waals surface area contributed by atoms with E-state index in [1.165, 1.54) is 13.2 Å². The molecule has 1 amide bonds. The van der Waals surface area contributed by atoms with Crippen LogP contribution in [0.3, 0.4) is 0 Å². The summed E-state index contributed by atoms with van der Waals surface area (Å²) in [6.45, 7) is 0. The minimum atomic E-state index is -4.54. The average Bonchev–Trinajstić information content (AvgIpc) is 2.85. The van der Waals surface area contributed by atoms with Crippen LogP contribution in [0.2, 0.25) is 0 Å². The van der Waals surface area contributed by atoms with Gasteiger partial charge in [-0.1, -0.05) is 11.8 Å². The third-order valence-electron chi connectivity index (χ3n) is 2.98. The molecule has 11 heteroatoms. The van der Waals surface area contributed by atoms with Gasteiger partial charge in [0.1, 0.15) is 11.0 Å². The molecule has 0 radical (unpaired) electrons. The van der Waals surface area contributed by atoms with Crippen molar-refractivity contribution >= 4 is 35.0 Å². The van der Waals surface area contributed by atoms with Crippen molar-refractivity contribution in [1.29, 1.82) is 0 Å². The average molecular weight is 375 g/mol. The number of carbonyl (C=O) groups excluding carboxylic acids is 1. The van der Waals surface area contributed by atoms with Crippen LogP contribution in [0.25, 0.3) is 0 Å². The molecule has 0 bridgehead atoms. The minimum Gasteiger partial charge on any atom is -0.497 e. The normalized spacial score (nSPS) is 19.4. The summed E-state index contributed by atoms with van der Waals surface area (Å²) in [7, 11) is 1.24. The number of amidine groups is 1. The van der Waals surface area contributed by atoms with Gasteiger partial charge >= 0.3 is 12.1 Å². The number of hydrogen-bond acceptors (Lipinski definition) is 6. The molecule has 2 N–H and O–H groups in total. The maximum atomic E-state index is 12.8. The number of aliphatic carboxylic acids is 1. The smallest absolute Gasteiger partial charge is 0.416 e. The fourth-order valence-electron chi connectivity index (χ4n) is 1.87. The monoisotopic (exact) mass is 375 g/mol. The molecule has 134 valence electrons. The number of nitrogens with one attached hydrogen (secondary N) is 1. The molecule has 7 nitrogen and oxygen atoms in total. The van der Waals surface area contributed by atoms with E-state index in [4.69, 9.17) is 9.84 Å². The lowest BCUT2D eigenvalue weighted by Gasteiger charge is -2.09. The molecule has 1 heterocycles. The van der Waals surface area contributed by atoms with Gasteiger partial charge in [0.25, 0.3) is 0 Å². The van der Waals surface area contributed by atoms with E-state index in [1.54, 1.807) is 0 Å². The van der Waals surface area contributed by atoms with Gasteiger partial charge in [0, 0.05) is 0 Å². The summed E-state index contributed by atoms with van der Waals surface area (Å²) in [6, 6.07) is 3.07. The van der Waals surface area contributed by atoms with Gasteiger partial charge in [-0.15, -0.1) is 5.10 Å². The van der Waals surface area contributed by atoms with Crippen LogP contribution in [-0.2, 0) is 15.8 Å². The lowest BCUT2D eigenvalue weighted by molar-refractivity contribution is -0.138. The topological polar surface area (TPSA) is 100 Å². The molecule has 0 saturated carbocycles. The first kappa shape index (κ1) is 18.8. The number of rotatable bonds is 5. The zero-order valence-electron chi connectivity index (χ0n) is 12.7. The number of benzene rings is 1. The molecule has 1 fully saturated rings. The van der Waals surface area contributed by atoms with Crippen LogP contribution < -0.4 is 10.1 Å². The number of methoxy groups -OCH3 is 1. The largest absolute Gasteiger partial charge is 0.497 e. The third kappa shape index (κ3) is 5.21. The Kier molecular flexibility index (Phi) is 5.67. The van der Waals surface area contributed by atoms with Crippen molar-refractivity contribution in [3.63, 3.8) is 0 Å². The third-order valence-corrected chi connectivity index (χ3v) is 4.06. The van der Waals surface area contributed by atoms with E-state index in [2.05, 4.69) is 15.5 Å². The lowest BCUT2D eigenvalue weighted by atomic mass is 10.1. The number of amides is 1. The SMILES string of the molecule is COc1cc(C=NN=C2NC(=O)C(CC(=O)O)S2)cc(C(F)(F)F)c1. The molecular formula is C14H12F3N3O4S. The molecule has 1 aromatic carbocycles. The van der Waals surface area contributed by atoms with Crippen molar-refractivity contribution in [2.45, 2.75) is 17.8 Å². The van der Waals surface area contributed by atoms with Crippen LogP contribution in [0.15, 0.2) is 28.4 Å². The first-order valence-corrected chi connectivity index (χ1v) is 7.63. The molecular weight excluding hydrogens is 363 g/mol. The predicted octanol–water partition coefficient (Wildman–Crippen LogP) is 2.11. The molecule has 1 saturated heterocycles. The number of ether oxygens (including phenoxy) is 1. The van der Waals surface area contributed by atoms with Crippen LogP contribution in [0.4, 0.5) is 13.2 Å². The van der Waals surface area contributed by atoms with Crippen LogP contribution in [0.5, 0.6) is 5.75 Å². The van der Waals surface area contributed by atoms with E-state index in [1.807, 2.05) is 0 Å². The summed E-state index contributed by atoms with van der Waals surface area (Å²) in [4.78, 5) is 22.1. The highest BCUT2D eigenvalue weighted by Gasteiger charge is 2.32. The standard InChI is InChI=1S/C14H12F3N3O4S/c1-24-9-3-7(2-8(4-9)14(15,16)17)6-18-20-13-19-12(23)10(25-13)5-11(21)22/h2-4,6,10H,5H2,1H3,(H,21,22)(H,19,20,23). The Bertz CT molecular complexity index is 749. The van der Waals surface area contributed by atoms with Gasteiger partial charge in [0.05, 0.1) is 25.3 Å². The summed E-state index contributed by atoms with van der Waals surface area (Å²) in [5.74, 6) is -1.63. The summed E-state index contributed by atoms with van der Waals surface area (Å²) >= 11 is 0.887. The Balaban J connectivity index is 2.14. The maximum absolute atomic E-state index is 12.8. The Labute approximate surface area is 144 Å². The second-order valence-electron chi connectivity index (χ2n) is 4.84. The first-order chi connectivity index (χ1) is 11.7. The molecule has 1 aliphatic heterocycles. The zero-order valence-corrected chi connectivity index (χ0v) is 13.5. The quantitative estimate of drug-likeness (QED) is 0.606. The van der Waals surface area contributed by atoms with Gasteiger partial charge in [-0.2, -0.15) is 18.3 Å². The van der Waals surface area contributed by atoms with Crippen molar-refractivity contribution in [3.05, 3.63) is 29.3 Å². The number of carboxylic acids is 1. The maximum Gasteiger partial charge on any atom is 0.416 e. The fourth-order valence-corrected chi connectivity index (χ4v) is 2.79. The van der Waals surface area contributed by atoms with Crippen LogP contribution in [0.1, 0.15) is 17.5 Å². The van der Waals surface area contributed by atoms with Gasteiger partial charge in [-0.25, -0.2) is 0 Å². The second kappa shape index (κ2) is 7.55. The van der Waals surface area contributed by atoms with Crippen molar-refractivity contribution in [2.24, 2.45) is 10.2 Å². The highest BCUT2D eigenvalue weighted by Crippen LogP contribution is 2.32. The van der Waals surface area contributed by atoms with Crippen molar-refractivity contribution in [3.8, 4) is 5.75 Å². The van der Waals surface area contributed by atoms with Crippen LogP contribution in [-0.4, -0.2) is 40.7 Å². The van der Waals surface area contributed by atoms with Crippen LogP contribution >= 0.6 is 11.8 Å². The van der Waals surface area contributed by atoms with E-state index < -0.39 is 28.9 Å². The minimum absolute atomic E-state index is 0.00833. The fraction of sp³-hybridized carbons (Fsp3) is 0.286. The van der Waals surface area contributed by atoms with Crippen molar-refractivity contribution < 1.29 is 32.6 Å². The summed E-state index contributed by atoms with van der Waals surface area (Å²) < 4.78 is 43.3. The summed E-state index contributed by atoms with van der Waals surface area (Å²) in [6.07, 6.45) is -3.84. The molecule has 2 rings (SSSR count). The number of thioether (sulfide) groups is 1. The molecule has 1 unspecified atom stereocenters. The Morgan fingerprint density at radius 2 is 2.16 bits per heavy atom. The van der Waals surface area contributed by atoms with E-state index in [-0.39, 0.29) is 22.9 Å². The first-order valence-electron chi connectivity index (χ1n) is 6.75. The number of carbonyl (C=O) groups is 2. The number of carboxylic acid groups (broad SMARTS) is 1. The summed E-state index contributed by atoms with van der Waals surface area (Å²) in [5.41, 5.74) is -0.793. The second-order valence-corrected chi connectivity index (χ2v) is 6.03. The van der Waals surface area contributed by atoms with Crippen LogP contribution in [0, 0.1) is 0 Å². The van der Waals surface area contributed by atoms with Gasteiger partial charge < -0.3 is 15.2 Å². The molecule has 1 aliphatic rings. The molecule has 1 atom stereocenters. The zero-order chi connectivity index (χ0) is 18.6. The highest BCUT2D eigenvalue weighted by molar-refractivity contribution is 8.15. The van der Waals surface area contributed by atoms with Gasteiger partial charge in [-0.3, -0.25) is 9.59 Å². The van der Waals surface area contributed by atoms with E-state index >= 15 is 0 Å². The Morgan fingerprint density at radius 1 is 1.44 bits per heavy atom. The predicted molar refractivity (Wildman–Crippen MR) is 84.8 cm³/mol. The van der Waals surface area contributed by atoms with Gasteiger partial charge in [0.15, 0.2) is 5.17 Å². The number of alkyl halides is 3. The highest BCUT2D eigenvalue weighted by atomic mass is 32.2. The van der Waals surface area contributed by atoms with Crippen molar-refractivity contribution in [1.82, 2.24) is 5.32 Å². The van der Waals surface area contributed by atoms with E-state index in [0.717, 1.165) is 30.1 Å². The molecule has 0 spiro atoms. The van der Waals surface area contributed by atoms with Crippen molar-refractivity contribution in [2.75, 3.05) is 7.11 Å². The summed E-state index contributed by atoms with van der Waals surface area (Å²) in [5, 5.41) is 17.6. The van der Waals surface area contributed by atoms with Gasteiger partial charge in [-0.05, 0) is 23.8 Å². The molecule has 0 aromatic heterocycles. The molecule has 25 heavy (non-hydrogen) atoms. The van der Waals surface area contributed by atoms with E-state index in [0.29, 0.717) is 0 Å².